The molecule has 0 fully saturated rings. The first kappa shape index (κ1) is 18.9. The van der Waals surface area contributed by atoms with E-state index in [1.54, 1.807) is 19.4 Å². The predicted molar refractivity (Wildman–Crippen MR) is 107 cm³/mol. The fourth-order valence-electron chi connectivity index (χ4n) is 2.54. The second kappa shape index (κ2) is 8.69. The Morgan fingerprint density at radius 3 is 2.67 bits per heavy atom. The van der Waals surface area contributed by atoms with Crippen LogP contribution in [0, 0.1) is 12.7 Å². The molecule has 27 heavy (non-hydrogen) atoms. The third-order valence-electron chi connectivity index (χ3n) is 3.99. The Balaban J connectivity index is 1.75. The maximum Gasteiger partial charge on any atom is 0.161 e. The molecule has 3 nitrogen and oxygen atoms in total. The smallest absolute Gasteiger partial charge is 0.161 e. The number of rotatable bonds is 6. The number of hydrogen-bond donors (Lipinski definition) is 0. The first-order chi connectivity index (χ1) is 13.0. The van der Waals surface area contributed by atoms with E-state index in [1.807, 2.05) is 49.4 Å². The molecular weight excluding hydrogens is 365 g/mol. The van der Waals surface area contributed by atoms with Gasteiger partial charge < -0.3 is 9.47 Å². The maximum absolute atomic E-state index is 13.3. The van der Waals surface area contributed by atoms with Gasteiger partial charge in [0.2, 0.25) is 0 Å². The zero-order valence-corrected chi connectivity index (χ0v) is 15.8. The van der Waals surface area contributed by atoms with E-state index >= 15 is 0 Å². The molecule has 138 valence electrons. The standard InChI is InChI=1S/C22H19ClFNO2/c1-15-6-8-18(23)12-20(15)25-13-16-7-9-21(22(11-16)26-2)27-14-17-4-3-5-19(24)10-17/h3-13H,14H2,1-2H3. The molecule has 0 radical (unpaired) electrons. The highest BCUT2D eigenvalue weighted by Gasteiger charge is 2.06. The van der Waals surface area contributed by atoms with E-state index in [4.69, 9.17) is 21.1 Å². The third-order valence-corrected chi connectivity index (χ3v) is 4.23. The molecule has 0 aliphatic rings. The van der Waals surface area contributed by atoms with Crippen molar-refractivity contribution < 1.29 is 13.9 Å². The van der Waals surface area contributed by atoms with Gasteiger partial charge in [0, 0.05) is 11.2 Å². The molecule has 0 atom stereocenters. The molecule has 0 aromatic heterocycles. The molecule has 0 aliphatic heterocycles. The molecule has 0 saturated heterocycles. The highest BCUT2D eigenvalue weighted by atomic mass is 35.5. The summed E-state index contributed by atoms with van der Waals surface area (Å²) in [5.41, 5.74) is 3.47. The van der Waals surface area contributed by atoms with E-state index in [9.17, 15) is 4.39 Å². The fraction of sp³-hybridized carbons (Fsp3) is 0.136. The molecule has 0 N–H and O–H groups in total. The van der Waals surface area contributed by atoms with Crippen LogP contribution in [0.25, 0.3) is 0 Å². The summed E-state index contributed by atoms with van der Waals surface area (Å²) in [6.45, 7) is 2.23. The Morgan fingerprint density at radius 1 is 1.04 bits per heavy atom. The number of ether oxygens (including phenoxy) is 2. The lowest BCUT2D eigenvalue weighted by atomic mass is 10.2. The SMILES string of the molecule is COc1cc(C=Nc2cc(Cl)ccc2C)ccc1OCc1cccc(F)c1. The minimum absolute atomic E-state index is 0.253. The summed E-state index contributed by atoms with van der Waals surface area (Å²) < 4.78 is 24.4. The third kappa shape index (κ3) is 5.08. The van der Waals surface area contributed by atoms with Gasteiger partial charge >= 0.3 is 0 Å². The molecule has 0 spiro atoms. The van der Waals surface area contributed by atoms with Gasteiger partial charge in [0.05, 0.1) is 12.8 Å². The van der Waals surface area contributed by atoms with E-state index in [1.165, 1.54) is 12.1 Å². The Hall–Kier alpha value is -2.85. The number of benzene rings is 3. The van der Waals surface area contributed by atoms with E-state index in [0.29, 0.717) is 16.5 Å². The van der Waals surface area contributed by atoms with Crippen molar-refractivity contribution >= 4 is 23.5 Å². The lowest BCUT2D eigenvalue weighted by molar-refractivity contribution is 0.284. The average Bonchev–Trinajstić information content (AvgIpc) is 2.67. The Kier molecular flexibility index (Phi) is 6.09. The topological polar surface area (TPSA) is 30.8 Å². The van der Waals surface area contributed by atoms with Crippen molar-refractivity contribution in [2.24, 2.45) is 4.99 Å². The maximum atomic E-state index is 13.3. The highest BCUT2D eigenvalue weighted by molar-refractivity contribution is 6.30. The average molecular weight is 384 g/mol. The van der Waals surface area contributed by atoms with Gasteiger partial charge in [0.25, 0.3) is 0 Å². The van der Waals surface area contributed by atoms with Crippen LogP contribution in [-0.4, -0.2) is 13.3 Å². The van der Waals surface area contributed by atoms with E-state index in [2.05, 4.69) is 4.99 Å². The molecule has 0 unspecified atom stereocenters. The van der Waals surface area contributed by atoms with Gasteiger partial charge in [-0.1, -0.05) is 29.8 Å². The number of halogens is 2. The van der Waals surface area contributed by atoms with Gasteiger partial charge in [0.15, 0.2) is 11.5 Å². The first-order valence-electron chi connectivity index (χ1n) is 8.40. The first-order valence-corrected chi connectivity index (χ1v) is 8.78. The van der Waals surface area contributed by atoms with Crippen molar-refractivity contribution in [2.75, 3.05) is 7.11 Å². The van der Waals surface area contributed by atoms with Crippen molar-refractivity contribution in [1.29, 1.82) is 0 Å². The number of methoxy groups -OCH3 is 1. The number of aliphatic imine (C=N–C) groups is 1. The molecule has 0 saturated carbocycles. The lowest BCUT2D eigenvalue weighted by Gasteiger charge is -2.11. The van der Waals surface area contributed by atoms with Crippen molar-refractivity contribution in [2.45, 2.75) is 13.5 Å². The molecule has 5 heteroatoms. The van der Waals surface area contributed by atoms with Crippen LogP contribution < -0.4 is 9.47 Å². The molecule has 0 heterocycles. The van der Waals surface area contributed by atoms with Crippen LogP contribution in [0.3, 0.4) is 0 Å². The van der Waals surface area contributed by atoms with Gasteiger partial charge in [-0.05, 0) is 66.1 Å². The minimum Gasteiger partial charge on any atom is -0.493 e. The van der Waals surface area contributed by atoms with Crippen LogP contribution in [0.1, 0.15) is 16.7 Å². The summed E-state index contributed by atoms with van der Waals surface area (Å²) in [7, 11) is 1.58. The normalized spacial score (nSPS) is 11.0. The molecular formula is C22H19ClFNO2. The van der Waals surface area contributed by atoms with Crippen LogP contribution in [0.15, 0.2) is 65.7 Å². The molecule has 0 bridgehead atoms. The van der Waals surface area contributed by atoms with Crippen LogP contribution in [0.5, 0.6) is 11.5 Å². The molecule has 3 aromatic rings. The summed E-state index contributed by atoms with van der Waals surface area (Å²) in [4.78, 5) is 4.50. The molecule has 3 aromatic carbocycles. The largest absolute Gasteiger partial charge is 0.493 e. The summed E-state index contributed by atoms with van der Waals surface area (Å²) in [5.74, 6) is 0.877. The molecule has 0 aliphatic carbocycles. The van der Waals surface area contributed by atoms with Gasteiger partial charge in [-0.3, -0.25) is 4.99 Å². The van der Waals surface area contributed by atoms with Crippen molar-refractivity contribution in [1.82, 2.24) is 0 Å². The Labute approximate surface area is 163 Å². The van der Waals surface area contributed by atoms with Crippen LogP contribution in [0.2, 0.25) is 5.02 Å². The van der Waals surface area contributed by atoms with E-state index in [-0.39, 0.29) is 12.4 Å². The number of nitrogens with zero attached hydrogens (tertiary/aromatic N) is 1. The molecule has 3 rings (SSSR count). The van der Waals surface area contributed by atoms with Crippen LogP contribution >= 0.6 is 11.6 Å². The van der Waals surface area contributed by atoms with Crippen LogP contribution in [0.4, 0.5) is 10.1 Å². The van der Waals surface area contributed by atoms with Gasteiger partial charge in [-0.2, -0.15) is 0 Å². The zero-order chi connectivity index (χ0) is 19.2. The van der Waals surface area contributed by atoms with E-state index in [0.717, 1.165) is 22.4 Å². The summed E-state index contributed by atoms with van der Waals surface area (Å²) in [5, 5.41) is 0.645. The second-order valence-electron chi connectivity index (χ2n) is 6.02. The fourth-order valence-corrected chi connectivity index (χ4v) is 2.70. The zero-order valence-electron chi connectivity index (χ0n) is 15.1. The van der Waals surface area contributed by atoms with Gasteiger partial charge in [0.1, 0.15) is 12.4 Å². The quantitative estimate of drug-likeness (QED) is 0.479. The number of hydrogen-bond acceptors (Lipinski definition) is 3. The summed E-state index contributed by atoms with van der Waals surface area (Å²) >= 11 is 6.03. The summed E-state index contributed by atoms with van der Waals surface area (Å²) in [6, 6.07) is 17.4. The van der Waals surface area contributed by atoms with Crippen molar-refractivity contribution in [3.05, 3.63) is 88.2 Å². The van der Waals surface area contributed by atoms with Gasteiger partial charge in [-0.25, -0.2) is 4.39 Å². The van der Waals surface area contributed by atoms with Crippen molar-refractivity contribution in [3.63, 3.8) is 0 Å². The summed E-state index contributed by atoms with van der Waals surface area (Å²) in [6.07, 6.45) is 1.75. The van der Waals surface area contributed by atoms with E-state index < -0.39 is 0 Å². The van der Waals surface area contributed by atoms with Crippen molar-refractivity contribution in [3.8, 4) is 11.5 Å². The predicted octanol–water partition coefficient (Wildman–Crippen LogP) is 6.13. The Bertz CT molecular complexity index is 972. The number of aryl methyl sites for hydroxylation is 1. The molecule has 0 amide bonds. The lowest BCUT2D eigenvalue weighted by Crippen LogP contribution is -1.98. The highest BCUT2D eigenvalue weighted by Crippen LogP contribution is 2.29. The minimum atomic E-state index is -0.286. The van der Waals surface area contributed by atoms with Gasteiger partial charge in [-0.15, -0.1) is 0 Å². The second-order valence-corrected chi connectivity index (χ2v) is 6.45. The Morgan fingerprint density at radius 2 is 1.89 bits per heavy atom. The van der Waals surface area contributed by atoms with Crippen LogP contribution in [-0.2, 0) is 6.61 Å². The monoisotopic (exact) mass is 383 g/mol.